The van der Waals surface area contributed by atoms with Crippen molar-refractivity contribution in [2.45, 2.75) is 20.8 Å². The first kappa shape index (κ1) is 13.7. The molecule has 0 aliphatic carbocycles. The van der Waals surface area contributed by atoms with Gasteiger partial charge < -0.3 is 9.80 Å². The van der Waals surface area contributed by atoms with E-state index in [1.54, 1.807) is 6.33 Å². The number of rotatable bonds is 2. The minimum absolute atomic E-state index is 0.931. The van der Waals surface area contributed by atoms with Crippen molar-refractivity contribution in [1.82, 2.24) is 20.2 Å². The van der Waals surface area contributed by atoms with E-state index in [4.69, 9.17) is 0 Å². The number of anilines is 2. The van der Waals surface area contributed by atoms with E-state index in [1.807, 2.05) is 26.0 Å². The number of aromatic nitrogens is 4. The van der Waals surface area contributed by atoms with Gasteiger partial charge in [-0.1, -0.05) is 0 Å². The van der Waals surface area contributed by atoms with Crippen molar-refractivity contribution in [3.8, 4) is 0 Å². The highest BCUT2D eigenvalue weighted by atomic mass is 15.3. The number of nitrogens with zero attached hydrogens (tertiary/aromatic N) is 6. The monoisotopic (exact) mass is 284 g/mol. The summed E-state index contributed by atoms with van der Waals surface area (Å²) in [6.07, 6.45) is 1.65. The fourth-order valence-electron chi connectivity index (χ4n) is 2.55. The lowest BCUT2D eigenvalue weighted by Gasteiger charge is -2.36. The van der Waals surface area contributed by atoms with Crippen LogP contribution in [0.15, 0.2) is 18.5 Å². The third-order valence-electron chi connectivity index (χ3n) is 4.00. The van der Waals surface area contributed by atoms with E-state index < -0.39 is 0 Å². The topological polar surface area (TPSA) is 58.0 Å². The molecular weight excluding hydrogens is 264 g/mol. The van der Waals surface area contributed by atoms with E-state index in [9.17, 15) is 0 Å². The summed E-state index contributed by atoms with van der Waals surface area (Å²) in [4.78, 5) is 13.3. The smallest absolute Gasteiger partial charge is 0.151 e. The van der Waals surface area contributed by atoms with Crippen LogP contribution in [0.1, 0.15) is 17.0 Å². The molecule has 1 fully saturated rings. The van der Waals surface area contributed by atoms with Gasteiger partial charge >= 0.3 is 0 Å². The van der Waals surface area contributed by atoms with Crippen LogP contribution in [0.25, 0.3) is 0 Å². The van der Waals surface area contributed by atoms with Gasteiger partial charge in [-0.2, -0.15) is 5.10 Å². The van der Waals surface area contributed by atoms with E-state index in [1.165, 1.54) is 5.56 Å². The zero-order chi connectivity index (χ0) is 14.8. The molecule has 0 unspecified atom stereocenters. The fourth-order valence-corrected chi connectivity index (χ4v) is 2.55. The Hall–Kier alpha value is -2.24. The highest BCUT2D eigenvalue weighted by Gasteiger charge is 2.21. The molecule has 0 bridgehead atoms. The van der Waals surface area contributed by atoms with Gasteiger partial charge in [0.15, 0.2) is 5.82 Å². The van der Waals surface area contributed by atoms with Crippen molar-refractivity contribution in [2.75, 3.05) is 36.0 Å². The van der Waals surface area contributed by atoms with Crippen molar-refractivity contribution < 1.29 is 0 Å². The zero-order valence-electron chi connectivity index (χ0n) is 12.7. The molecule has 6 heteroatoms. The van der Waals surface area contributed by atoms with Crippen LogP contribution >= 0.6 is 0 Å². The first-order valence-corrected chi connectivity index (χ1v) is 7.23. The van der Waals surface area contributed by atoms with Gasteiger partial charge in [0.1, 0.15) is 12.1 Å². The van der Waals surface area contributed by atoms with Gasteiger partial charge in [-0.15, -0.1) is 5.10 Å². The van der Waals surface area contributed by atoms with Crippen LogP contribution in [0.3, 0.4) is 0 Å². The lowest BCUT2D eigenvalue weighted by molar-refractivity contribution is 0.635. The average molecular weight is 284 g/mol. The molecule has 1 saturated heterocycles. The van der Waals surface area contributed by atoms with E-state index in [0.717, 1.165) is 49.2 Å². The summed E-state index contributed by atoms with van der Waals surface area (Å²) in [5, 5.41) is 8.39. The number of piperazine rings is 1. The van der Waals surface area contributed by atoms with Crippen molar-refractivity contribution in [3.05, 3.63) is 35.4 Å². The minimum Gasteiger partial charge on any atom is -0.353 e. The quantitative estimate of drug-likeness (QED) is 0.833. The molecule has 0 spiro atoms. The molecule has 6 nitrogen and oxygen atoms in total. The number of hydrogen-bond acceptors (Lipinski definition) is 6. The van der Waals surface area contributed by atoms with E-state index in [0.29, 0.717) is 0 Å². The molecule has 0 aromatic carbocycles. The first-order valence-electron chi connectivity index (χ1n) is 7.23. The molecule has 21 heavy (non-hydrogen) atoms. The third-order valence-corrected chi connectivity index (χ3v) is 4.00. The van der Waals surface area contributed by atoms with Crippen molar-refractivity contribution in [1.29, 1.82) is 0 Å². The highest BCUT2D eigenvalue weighted by molar-refractivity contribution is 5.50. The van der Waals surface area contributed by atoms with Gasteiger partial charge in [-0.3, -0.25) is 0 Å². The maximum Gasteiger partial charge on any atom is 0.151 e. The predicted octanol–water partition coefficient (Wildman–Crippen LogP) is 1.52. The van der Waals surface area contributed by atoms with Crippen LogP contribution in [-0.4, -0.2) is 46.3 Å². The number of aryl methyl sites for hydroxylation is 2. The SMILES string of the molecule is Cc1ccc(N2CCN(c3ncnc(C)c3C)CC2)nn1. The Morgan fingerprint density at radius 2 is 1.57 bits per heavy atom. The standard InChI is InChI=1S/C15H20N6/c1-11-4-5-14(19-18-11)20-6-8-21(9-7-20)15-12(2)13(3)16-10-17-15/h4-5,10H,6-9H2,1-3H3. The van der Waals surface area contributed by atoms with Crippen molar-refractivity contribution in [2.24, 2.45) is 0 Å². The maximum absolute atomic E-state index is 4.44. The van der Waals surface area contributed by atoms with Crippen LogP contribution in [0.5, 0.6) is 0 Å². The van der Waals surface area contributed by atoms with E-state index >= 15 is 0 Å². The van der Waals surface area contributed by atoms with Gasteiger partial charge in [-0.25, -0.2) is 9.97 Å². The minimum atomic E-state index is 0.931. The molecule has 0 amide bonds. The molecule has 2 aromatic heterocycles. The van der Waals surface area contributed by atoms with Crippen molar-refractivity contribution >= 4 is 11.6 Å². The molecule has 0 saturated carbocycles. The van der Waals surface area contributed by atoms with Gasteiger partial charge in [0.2, 0.25) is 0 Å². The first-order chi connectivity index (χ1) is 10.1. The summed E-state index contributed by atoms with van der Waals surface area (Å²) >= 11 is 0. The average Bonchev–Trinajstić information content (AvgIpc) is 2.51. The molecular formula is C15H20N6. The Morgan fingerprint density at radius 3 is 2.24 bits per heavy atom. The Bertz CT molecular complexity index is 617. The second-order valence-electron chi connectivity index (χ2n) is 5.41. The molecule has 3 heterocycles. The van der Waals surface area contributed by atoms with E-state index in [2.05, 4.69) is 36.9 Å². The largest absolute Gasteiger partial charge is 0.353 e. The lowest BCUT2D eigenvalue weighted by Crippen LogP contribution is -2.47. The lowest BCUT2D eigenvalue weighted by atomic mass is 10.2. The third kappa shape index (κ3) is 2.79. The summed E-state index contributed by atoms with van der Waals surface area (Å²) in [6.45, 7) is 9.80. The molecule has 0 N–H and O–H groups in total. The molecule has 1 aliphatic heterocycles. The van der Waals surface area contributed by atoms with Crippen LogP contribution in [0, 0.1) is 20.8 Å². The Morgan fingerprint density at radius 1 is 0.857 bits per heavy atom. The normalized spacial score (nSPS) is 15.4. The summed E-state index contributed by atoms with van der Waals surface area (Å²) < 4.78 is 0. The Labute approximate surface area is 124 Å². The fraction of sp³-hybridized carbons (Fsp3) is 0.467. The summed E-state index contributed by atoms with van der Waals surface area (Å²) in [7, 11) is 0. The van der Waals surface area contributed by atoms with Gasteiger partial charge in [0.25, 0.3) is 0 Å². The van der Waals surface area contributed by atoms with Crippen molar-refractivity contribution in [3.63, 3.8) is 0 Å². The molecule has 3 rings (SSSR count). The zero-order valence-corrected chi connectivity index (χ0v) is 12.7. The van der Waals surface area contributed by atoms with Gasteiger partial charge in [0, 0.05) is 37.4 Å². The maximum atomic E-state index is 4.44. The molecule has 110 valence electrons. The molecule has 0 atom stereocenters. The van der Waals surface area contributed by atoms with Gasteiger partial charge in [-0.05, 0) is 32.9 Å². The Kier molecular flexibility index (Phi) is 3.68. The Balaban J connectivity index is 1.70. The second-order valence-corrected chi connectivity index (χ2v) is 5.41. The summed E-state index contributed by atoms with van der Waals surface area (Å²) in [5.41, 5.74) is 3.16. The summed E-state index contributed by atoms with van der Waals surface area (Å²) in [5.74, 6) is 2.01. The van der Waals surface area contributed by atoms with Crippen LogP contribution in [0.4, 0.5) is 11.6 Å². The summed E-state index contributed by atoms with van der Waals surface area (Å²) in [6, 6.07) is 4.05. The molecule has 0 radical (unpaired) electrons. The number of hydrogen-bond donors (Lipinski definition) is 0. The van der Waals surface area contributed by atoms with Gasteiger partial charge in [0.05, 0.1) is 5.69 Å². The molecule has 2 aromatic rings. The highest BCUT2D eigenvalue weighted by Crippen LogP contribution is 2.21. The second kappa shape index (κ2) is 5.63. The van der Waals surface area contributed by atoms with Crippen LogP contribution < -0.4 is 9.80 Å². The molecule has 1 aliphatic rings. The van der Waals surface area contributed by atoms with Crippen LogP contribution in [0.2, 0.25) is 0 Å². The van der Waals surface area contributed by atoms with E-state index in [-0.39, 0.29) is 0 Å². The predicted molar refractivity (Wildman–Crippen MR) is 82.7 cm³/mol. The van der Waals surface area contributed by atoms with Crippen LogP contribution in [-0.2, 0) is 0 Å².